The van der Waals surface area contributed by atoms with Crippen LogP contribution in [-0.2, 0) is 11.2 Å². The fraction of sp³-hybridized carbons (Fsp3) is 0.200. The standard InChI is InChI=1S/C15H14BCl2N5O3/c1-7-10(6-19-16-26-2)12(9-4-3-8(17)5-11(9)18)23-15(20-7)21-13(22-23)14(24)25/h3-5,16,19H,6H2,1-2H3,(H,24,25). The molecule has 0 unspecified atom stereocenters. The predicted molar refractivity (Wildman–Crippen MR) is 98.9 cm³/mol. The largest absolute Gasteiger partial charge is 0.475 e. The number of rotatable bonds is 6. The molecule has 0 aliphatic rings. The Bertz CT molecular complexity index is 995. The lowest BCUT2D eigenvalue weighted by molar-refractivity contribution is 0.0684. The van der Waals surface area contributed by atoms with E-state index < -0.39 is 5.97 Å². The Morgan fingerprint density at radius 3 is 2.81 bits per heavy atom. The summed E-state index contributed by atoms with van der Waals surface area (Å²) in [7, 11) is 1.91. The van der Waals surface area contributed by atoms with Gasteiger partial charge in [0, 0.05) is 35.5 Å². The first-order chi connectivity index (χ1) is 12.4. The molecule has 0 spiro atoms. The van der Waals surface area contributed by atoms with Crippen LogP contribution in [-0.4, -0.2) is 45.4 Å². The average molecular weight is 394 g/mol. The van der Waals surface area contributed by atoms with Crippen molar-refractivity contribution < 1.29 is 14.6 Å². The lowest BCUT2D eigenvalue weighted by Crippen LogP contribution is -2.22. The van der Waals surface area contributed by atoms with Crippen molar-refractivity contribution in [3.8, 4) is 11.3 Å². The van der Waals surface area contributed by atoms with Gasteiger partial charge in [-0.3, -0.25) is 0 Å². The number of halogens is 2. The summed E-state index contributed by atoms with van der Waals surface area (Å²) in [6.45, 7) is 2.23. The highest BCUT2D eigenvalue weighted by molar-refractivity contribution is 6.36. The van der Waals surface area contributed by atoms with Crippen LogP contribution in [0.4, 0.5) is 0 Å². The maximum Gasteiger partial charge on any atom is 0.375 e. The van der Waals surface area contributed by atoms with E-state index in [4.69, 9.17) is 27.9 Å². The Morgan fingerprint density at radius 1 is 1.38 bits per heavy atom. The van der Waals surface area contributed by atoms with Gasteiger partial charge in [-0.1, -0.05) is 23.2 Å². The average Bonchev–Trinajstić information content (AvgIpc) is 3.00. The van der Waals surface area contributed by atoms with Crippen LogP contribution in [0.5, 0.6) is 0 Å². The van der Waals surface area contributed by atoms with Crippen LogP contribution in [0.25, 0.3) is 17.0 Å². The van der Waals surface area contributed by atoms with E-state index in [0.29, 0.717) is 41.2 Å². The molecular formula is C15H14BCl2N5O3. The van der Waals surface area contributed by atoms with Crippen LogP contribution in [0.1, 0.15) is 21.9 Å². The van der Waals surface area contributed by atoms with Crippen LogP contribution in [0.15, 0.2) is 18.2 Å². The molecule has 11 heteroatoms. The number of aromatic nitrogens is 4. The maximum absolute atomic E-state index is 11.3. The molecule has 3 aromatic rings. The third-order valence-electron chi connectivity index (χ3n) is 3.72. The molecule has 2 aromatic heterocycles. The van der Waals surface area contributed by atoms with Gasteiger partial charge in [-0.15, -0.1) is 5.10 Å². The number of fused-ring (bicyclic) bond motifs is 1. The molecule has 0 radical (unpaired) electrons. The van der Waals surface area contributed by atoms with Gasteiger partial charge in [-0.05, 0) is 25.1 Å². The fourth-order valence-electron chi connectivity index (χ4n) is 2.58. The van der Waals surface area contributed by atoms with Gasteiger partial charge in [0.2, 0.25) is 0 Å². The molecule has 0 atom stereocenters. The molecular weight excluding hydrogens is 380 g/mol. The SMILES string of the molecule is COBNCc1c(C)nc2nc(C(=O)O)nn2c1-c1ccc(Cl)cc1Cl. The number of carboxylic acid groups (broad SMARTS) is 1. The van der Waals surface area contributed by atoms with E-state index >= 15 is 0 Å². The van der Waals surface area contributed by atoms with E-state index in [9.17, 15) is 9.90 Å². The Kier molecular flexibility index (Phi) is 5.42. The van der Waals surface area contributed by atoms with E-state index in [1.165, 1.54) is 4.52 Å². The predicted octanol–water partition coefficient (Wildman–Crippen LogP) is 2.11. The lowest BCUT2D eigenvalue weighted by atomic mass is 10.0. The van der Waals surface area contributed by atoms with Crippen molar-refractivity contribution in [3.05, 3.63) is 45.3 Å². The molecule has 8 nitrogen and oxygen atoms in total. The first kappa shape index (κ1) is 18.6. The number of aromatic carboxylic acids is 1. The molecule has 26 heavy (non-hydrogen) atoms. The number of carboxylic acids is 1. The van der Waals surface area contributed by atoms with Crippen LogP contribution in [0.2, 0.25) is 10.0 Å². The van der Waals surface area contributed by atoms with Gasteiger partial charge in [-0.2, -0.15) is 9.50 Å². The fourth-order valence-corrected chi connectivity index (χ4v) is 3.08. The van der Waals surface area contributed by atoms with E-state index in [-0.39, 0.29) is 11.6 Å². The normalized spacial score (nSPS) is 11.1. The highest BCUT2D eigenvalue weighted by Crippen LogP contribution is 2.33. The Labute approximate surface area is 159 Å². The van der Waals surface area contributed by atoms with Gasteiger partial charge in [0.1, 0.15) is 0 Å². The monoisotopic (exact) mass is 393 g/mol. The minimum absolute atomic E-state index is 0.177. The summed E-state index contributed by atoms with van der Waals surface area (Å²) < 4.78 is 6.41. The van der Waals surface area contributed by atoms with Gasteiger partial charge in [-0.25, -0.2) is 9.78 Å². The van der Waals surface area contributed by atoms with Crippen molar-refractivity contribution in [1.29, 1.82) is 0 Å². The Balaban J connectivity index is 2.29. The van der Waals surface area contributed by atoms with Crippen molar-refractivity contribution in [1.82, 2.24) is 24.8 Å². The van der Waals surface area contributed by atoms with Gasteiger partial charge in [0.05, 0.1) is 10.7 Å². The van der Waals surface area contributed by atoms with E-state index in [0.717, 1.165) is 5.56 Å². The van der Waals surface area contributed by atoms with Gasteiger partial charge in [0.25, 0.3) is 11.6 Å². The molecule has 2 heterocycles. The zero-order valence-electron chi connectivity index (χ0n) is 14.0. The molecule has 134 valence electrons. The summed E-state index contributed by atoms with van der Waals surface area (Å²) in [4.78, 5) is 19.6. The van der Waals surface area contributed by atoms with Crippen LogP contribution < -0.4 is 5.23 Å². The van der Waals surface area contributed by atoms with Crippen molar-refractivity contribution in [2.24, 2.45) is 0 Å². The summed E-state index contributed by atoms with van der Waals surface area (Å²) in [6.07, 6.45) is 0. The van der Waals surface area contributed by atoms with Crippen molar-refractivity contribution in [2.45, 2.75) is 13.5 Å². The summed E-state index contributed by atoms with van der Waals surface area (Å²) in [5, 5.41) is 17.3. The minimum Gasteiger partial charge on any atom is -0.475 e. The zero-order chi connectivity index (χ0) is 18.8. The number of nitrogens with one attached hydrogen (secondary N) is 1. The molecule has 0 amide bonds. The zero-order valence-corrected chi connectivity index (χ0v) is 15.5. The number of nitrogens with zero attached hydrogens (tertiary/aromatic N) is 4. The van der Waals surface area contributed by atoms with E-state index in [1.54, 1.807) is 25.3 Å². The van der Waals surface area contributed by atoms with E-state index in [1.807, 2.05) is 6.92 Å². The third kappa shape index (κ3) is 3.52. The van der Waals surface area contributed by atoms with Gasteiger partial charge in [0.15, 0.2) is 0 Å². The van der Waals surface area contributed by atoms with Crippen LogP contribution in [0.3, 0.4) is 0 Å². The van der Waals surface area contributed by atoms with Crippen molar-refractivity contribution >= 4 is 42.6 Å². The number of benzene rings is 1. The quantitative estimate of drug-likeness (QED) is 0.488. The summed E-state index contributed by atoms with van der Waals surface area (Å²) >= 11 is 12.4. The van der Waals surface area contributed by atoms with Crippen molar-refractivity contribution in [3.63, 3.8) is 0 Å². The number of hydrogen-bond acceptors (Lipinski definition) is 6. The van der Waals surface area contributed by atoms with E-state index in [2.05, 4.69) is 20.3 Å². The molecule has 1 aromatic carbocycles. The van der Waals surface area contributed by atoms with Crippen LogP contribution in [0, 0.1) is 6.92 Å². The molecule has 0 saturated heterocycles. The molecule has 0 bridgehead atoms. The topological polar surface area (TPSA) is 102 Å². The highest BCUT2D eigenvalue weighted by atomic mass is 35.5. The second kappa shape index (κ2) is 7.59. The lowest BCUT2D eigenvalue weighted by Gasteiger charge is -2.15. The summed E-state index contributed by atoms with van der Waals surface area (Å²) in [5.74, 6) is -1.40. The summed E-state index contributed by atoms with van der Waals surface area (Å²) in [5.41, 5.74) is 2.70. The summed E-state index contributed by atoms with van der Waals surface area (Å²) in [6, 6.07) is 5.06. The van der Waals surface area contributed by atoms with Crippen LogP contribution >= 0.6 is 23.2 Å². The number of carbonyl (C=O) groups is 1. The number of hydrogen-bond donors (Lipinski definition) is 2. The molecule has 3 rings (SSSR count). The first-order valence-corrected chi connectivity index (χ1v) is 8.32. The molecule has 0 aliphatic heterocycles. The van der Waals surface area contributed by atoms with Crippen molar-refractivity contribution in [2.75, 3.05) is 7.11 Å². The molecule has 0 fully saturated rings. The molecule has 2 N–H and O–H groups in total. The smallest absolute Gasteiger partial charge is 0.375 e. The van der Waals surface area contributed by atoms with Gasteiger partial charge < -0.3 is 15.0 Å². The minimum atomic E-state index is -1.24. The van der Waals surface area contributed by atoms with Gasteiger partial charge >= 0.3 is 13.6 Å². The first-order valence-electron chi connectivity index (χ1n) is 7.57. The molecule has 0 saturated carbocycles. The highest BCUT2D eigenvalue weighted by Gasteiger charge is 2.21. The second-order valence-corrected chi connectivity index (χ2v) is 6.30. The maximum atomic E-state index is 11.3. The Hall–Kier alpha value is -2.20. The Morgan fingerprint density at radius 2 is 2.15 bits per heavy atom. The number of aryl methyl sites for hydroxylation is 1. The third-order valence-corrected chi connectivity index (χ3v) is 4.27. The second-order valence-electron chi connectivity index (χ2n) is 5.46. The molecule has 0 aliphatic carbocycles.